The third-order valence-corrected chi connectivity index (χ3v) is 5.86. The summed E-state index contributed by atoms with van der Waals surface area (Å²) in [6, 6.07) is 9.02. The maximum absolute atomic E-state index is 13.5. The van der Waals surface area contributed by atoms with Gasteiger partial charge in [0.2, 0.25) is 0 Å². The van der Waals surface area contributed by atoms with E-state index in [1.807, 2.05) is 12.1 Å². The van der Waals surface area contributed by atoms with Gasteiger partial charge in [-0.3, -0.25) is 4.99 Å². The maximum atomic E-state index is 13.5. The Morgan fingerprint density at radius 1 is 1.30 bits per heavy atom. The van der Waals surface area contributed by atoms with Crippen molar-refractivity contribution in [3.05, 3.63) is 53.2 Å². The van der Waals surface area contributed by atoms with Gasteiger partial charge in [0.05, 0.1) is 17.9 Å². The molecule has 1 aromatic heterocycles. The zero-order valence-electron chi connectivity index (χ0n) is 16.9. The topological polar surface area (TPSA) is 62.0 Å². The van der Waals surface area contributed by atoms with Gasteiger partial charge >= 0.3 is 0 Å². The maximum Gasteiger partial charge on any atom is 0.191 e. The predicted octanol–water partition coefficient (Wildman–Crippen LogP) is 3.47. The summed E-state index contributed by atoms with van der Waals surface area (Å²) in [6.45, 7) is 4.80. The lowest BCUT2D eigenvalue weighted by Gasteiger charge is -2.21. The number of halogens is 2. The average molecular weight is 435 g/mol. The zero-order chi connectivity index (χ0) is 20.8. The molecule has 6 nitrogen and oxygen atoms in total. The third kappa shape index (κ3) is 5.67. The molecule has 162 valence electrons. The van der Waals surface area contributed by atoms with Crippen molar-refractivity contribution < 1.29 is 13.5 Å². The van der Waals surface area contributed by atoms with E-state index in [0.717, 1.165) is 76.1 Å². The molecule has 2 aromatic rings. The molecule has 0 bridgehead atoms. The molecule has 0 saturated carbocycles. The van der Waals surface area contributed by atoms with Gasteiger partial charge in [0, 0.05) is 56.9 Å². The van der Waals surface area contributed by atoms with Crippen LogP contribution in [0.15, 0.2) is 46.0 Å². The molecule has 2 aliphatic rings. The Hall–Kier alpha value is -2.25. The molecule has 2 unspecified atom stereocenters. The van der Waals surface area contributed by atoms with Crippen molar-refractivity contribution in [1.29, 1.82) is 0 Å². The summed E-state index contributed by atoms with van der Waals surface area (Å²) in [5, 5.41) is 7.15. The molecule has 2 atom stereocenters. The predicted molar refractivity (Wildman–Crippen MR) is 117 cm³/mol. The van der Waals surface area contributed by atoms with E-state index in [0.29, 0.717) is 5.92 Å². The SMILES string of the molecule is Fc1ccc(N2CCC(NC(=NCC3CCOC3)NCCc3ccco3)C2)cc1Cl. The number of anilines is 1. The lowest BCUT2D eigenvalue weighted by Crippen LogP contribution is -2.45. The third-order valence-electron chi connectivity index (χ3n) is 5.57. The van der Waals surface area contributed by atoms with Crippen LogP contribution in [0.4, 0.5) is 10.1 Å². The number of hydrogen-bond donors (Lipinski definition) is 2. The van der Waals surface area contributed by atoms with E-state index in [1.165, 1.54) is 6.07 Å². The number of rotatable bonds is 7. The standard InChI is InChI=1S/C22H28ClFN4O2/c23-20-12-18(3-4-21(20)24)28-9-6-17(14-28)27-22(26-13-16-7-11-29-15-16)25-8-5-19-2-1-10-30-19/h1-4,10,12,16-17H,5-9,11,13-15H2,(H2,25,26,27). The van der Waals surface area contributed by atoms with Crippen LogP contribution in [0.5, 0.6) is 0 Å². The summed E-state index contributed by atoms with van der Waals surface area (Å²) < 4.78 is 24.3. The Labute approximate surface area is 181 Å². The minimum atomic E-state index is -0.389. The van der Waals surface area contributed by atoms with E-state index in [4.69, 9.17) is 25.7 Å². The second-order valence-corrected chi connectivity index (χ2v) is 8.26. The van der Waals surface area contributed by atoms with Gasteiger partial charge in [-0.15, -0.1) is 0 Å². The smallest absolute Gasteiger partial charge is 0.191 e. The number of nitrogens with zero attached hydrogens (tertiary/aromatic N) is 2. The summed E-state index contributed by atoms with van der Waals surface area (Å²) in [7, 11) is 0. The van der Waals surface area contributed by atoms with Gasteiger partial charge in [-0.25, -0.2) is 4.39 Å². The molecule has 0 spiro atoms. The molecule has 2 N–H and O–H groups in total. The minimum absolute atomic E-state index is 0.157. The number of aliphatic imine (C=N–C) groups is 1. The van der Waals surface area contributed by atoms with E-state index in [-0.39, 0.29) is 16.9 Å². The Bertz CT molecular complexity index is 840. The van der Waals surface area contributed by atoms with E-state index in [9.17, 15) is 4.39 Å². The van der Waals surface area contributed by atoms with Crippen LogP contribution in [-0.4, -0.2) is 51.4 Å². The zero-order valence-corrected chi connectivity index (χ0v) is 17.7. The number of nitrogens with one attached hydrogen (secondary N) is 2. The fraction of sp³-hybridized carbons (Fsp3) is 0.500. The van der Waals surface area contributed by atoms with Gasteiger partial charge in [-0.2, -0.15) is 0 Å². The van der Waals surface area contributed by atoms with Gasteiger partial charge in [0.15, 0.2) is 5.96 Å². The van der Waals surface area contributed by atoms with Gasteiger partial charge in [0.1, 0.15) is 11.6 Å². The number of guanidine groups is 1. The molecule has 3 heterocycles. The first-order chi connectivity index (χ1) is 14.7. The number of furan rings is 1. The Morgan fingerprint density at radius 3 is 3.00 bits per heavy atom. The molecule has 30 heavy (non-hydrogen) atoms. The number of ether oxygens (including phenoxy) is 1. The number of benzene rings is 1. The second-order valence-electron chi connectivity index (χ2n) is 7.85. The van der Waals surface area contributed by atoms with Gasteiger partial charge < -0.3 is 24.7 Å². The van der Waals surface area contributed by atoms with Crippen molar-refractivity contribution in [2.45, 2.75) is 25.3 Å². The Balaban J connectivity index is 1.33. The van der Waals surface area contributed by atoms with Crippen LogP contribution in [0, 0.1) is 11.7 Å². The second kappa shape index (κ2) is 10.2. The van der Waals surface area contributed by atoms with Crippen molar-refractivity contribution >= 4 is 23.2 Å². The first-order valence-corrected chi connectivity index (χ1v) is 10.9. The molecule has 4 rings (SSSR count). The Morgan fingerprint density at radius 2 is 2.23 bits per heavy atom. The van der Waals surface area contributed by atoms with Gasteiger partial charge in [-0.05, 0) is 43.2 Å². The average Bonchev–Trinajstić information content (AvgIpc) is 3.51. The van der Waals surface area contributed by atoms with E-state index >= 15 is 0 Å². The minimum Gasteiger partial charge on any atom is -0.469 e. The van der Waals surface area contributed by atoms with Crippen LogP contribution in [0.2, 0.25) is 5.02 Å². The number of hydrogen-bond acceptors (Lipinski definition) is 4. The molecule has 0 amide bonds. The molecule has 8 heteroatoms. The first-order valence-electron chi connectivity index (χ1n) is 10.5. The highest BCUT2D eigenvalue weighted by molar-refractivity contribution is 6.31. The van der Waals surface area contributed by atoms with E-state index in [1.54, 1.807) is 18.4 Å². The van der Waals surface area contributed by atoms with Gasteiger partial charge in [0.25, 0.3) is 0 Å². The normalized spacial score (nSPS) is 21.9. The molecule has 0 aliphatic carbocycles. The monoisotopic (exact) mass is 434 g/mol. The van der Waals surface area contributed by atoms with Crippen molar-refractivity contribution in [1.82, 2.24) is 10.6 Å². The molecule has 2 aliphatic heterocycles. The van der Waals surface area contributed by atoms with Crippen LogP contribution in [0.25, 0.3) is 0 Å². The molecular formula is C22H28ClFN4O2. The van der Waals surface area contributed by atoms with Crippen molar-refractivity contribution in [2.75, 3.05) is 44.3 Å². The van der Waals surface area contributed by atoms with Crippen LogP contribution in [-0.2, 0) is 11.2 Å². The highest BCUT2D eigenvalue weighted by atomic mass is 35.5. The van der Waals surface area contributed by atoms with E-state index < -0.39 is 0 Å². The quantitative estimate of drug-likeness (QED) is 0.516. The molecule has 1 aromatic carbocycles. The van der Waals surface area contributed by atoms with Crippen LogP contribution in [0.1, 0.15) is 18.6 Å². The van der Waals surface area contributed by atoms with Crippen LogP contribution in [0.3, 0.4) is 0 Å². The lowest BCUT2D eigenvalue weighted by molar-refractivity contribution is 0.187. The lowest BCUT2D eigenvalue weighted by atomic mass is 10.1. The van der Waals surface area contributed by atoms with Crippen LogP contribution < -0.4 is 15.5 Å². The van der Waals surface area contributed by atoms with Crippen molar-refractivity contribution in [2.24, 2.45) is 10.9 Å². The molecular weight excluding hydrogens is 407 g/mol. The fourth-order valence-corrected chi connectivity index (χ4v) is 4.02. The summed E-state index contributed by atoms with van der Waals surface area (Å²) in [6.07, 6.45) is 4.52. The molecule has 0 radical (unpaired) electrons. The summed E-state index contributed by atoms with van der Waals surface area (Å²) in [5.41, 5.74) is 0.943. The molecule has 2 fully saturated rings. The highest BCUT2D eigenvalue weighted by Crippen LogP contribution is 2.25. The Kier molecular flexibility index (Phi) is 7.12. The first kappa shape index (κ1) is 21.0. The summed E-state index contributed by atoms with van der Waals surface area (Å²) in [5.74, 6) is 1.86. The van der Waals surface area contributed by atoms with Crippen molar-refractivity contribution in [3.63, 3.8) is 0 Å². The summed E-state index contributed by atoms with van der Waals surface area (Å²) >= 11 is 5.95. The van der Waals surface area contributed by atoms with E-state index in [2.05, 4.69) is 15.5 Å². The summed E-state index contributed by atoms with van der Waals surface area (Å²) in [4.78, 5) is 7.02. The largest absolute Gasteiger partial charge is 0.469 e. The van der Waals surface area contributed by atoms with Gasteiger partial charge in [-0.1, -0.05) is 11.6 Å². The van der Waals surface area contributed by atoms with Crippen molar-refractivity contribution in [3.8, 4) is 0 Å². The van der Waals surface area contributed by atoms with Crippen LogP contribution >= 0.6 is 11.6 Å². The fourth-order valence-electron chi connectivity index (χ4n) is 3.85. The highest BCUT2D eigenvalue weighted by Gasteiger charge is 2.24. The molecule has 2 saturated heterocycles.